The first-order valence-corrected chi connectivity index (χ1v) is 4.89. The van der Waals surface area contributed by atoms with Crippen molar-refractivity contribution in [1.29, 1.82) is 0 Å². The van der Waals surface area contributed by atoms with Crippen molar-refractivity contribution in [3.8, 4) is 11.5 Å². The number of benzene rings is 1. The van der Waals surface area contributed by atoms with Crippen LogP contribution in [0.15, 0.2) is 24.3 Å². The van der Waals surface area contributed by atoms with E-state index in [2.05, 4.69) is 5.32 Å². The number of carbonyl (C=O) groups excluding carboxylic acids is 1. The summed E-state index contributed by atoms with van der Waals surface area (Å²) in [6.07, 6.45) is -0.708. The second kappa shape index (κ2) is 8.66. The maximum Gasteiger partial charge on any atom is 0.513 e. The van der Waals surface area contributed by atoms with Gasteiger partial charge >= 0.3 is 6.16 Å². The van der Waals surface area contributed by atoms with Crippen LogP contribution < -0.4 is 14.8 Å². The van der Waals surface area contributed by atoms with E-state index in [1.54, 1.807) is 38.4 Å². The minimum absolute atomic E-state index is 0. The molecule has 1 N–H and O–H groups in total. The second-order valence-corrected chi connectivity index (χ2v) is 2.98. The van der Waals surface area contributed by atoms with Gasteiger partial charge in [0.2, 0.25) is 0 Å². The molecule has 0 aliphatic carbocycles. The smallest absolute Gasteiger partial charge is 0.497 e. The molecular weight excluding hydrogens is 246 g/mol. The molecule has 0 atom stereocenters. The summed E-state index contributed by atoms with van der Waals surface area (Å²) in [4.78, 5) is 11.1. The van der Waals surface area contributed by atoms with E-state index >= 15 is 0 Å². The molecule has 0 spiro atoms. The number of ether oxygens (including phenoxy) is 3. The molecule has 0 saturated carbocycles. The highest BCUT2D eigenvalue weighted by atomic mass is 35.5. The van der Waals surface area contributed by atoms with Crippen molar-refractivity contribution in [3.05, 3.63) is 24.3 Å². The first kappa shape index (κ1) is 15.5. The fourth-order valence-electron chi connectivity index (χ4n) is 1.01. The van der Waals surface area contributed by atoms with E-state index in [-0.39, 0.29) is 19.0 Å². The molecule has 0 heterocycles. The van der Waals surface area contributed by atoms with Gasteiger partial charge in [0.1, 0.15) is 18.1 Å². The zero-order chi connectivity index (χ0) is 11.8. The van der Waals surface area contributed by atoms with Gasteiger partial charge in [0.05, 0.1) is 7.11 Å². The van der Waals surface area contributed by atoms with E-state index in [4.69, 9.17) is 14.2 Å². The van der Waals surface area contributed by atoms with Crippen LogP contribution in [-0.4, -0.2) is 33.5 Å². The van der Waals surface area contributed by atoms with Gasteiger partial charge in [0, 0.05) is 6.54 Å². The lowest BCUT2D eigenvalue weighted by atomic mass is 10.3. The summed E-state index contributed by atoms with van der Waals surface area (Å²) in [6, 6.07) is 6.68. The number of nitrogens with one attached hydrogen (secondary N) is 1. The van der Waals surface area contributed by atoms with Gasteiger partial charge in [-0.2, -0.15) is 0 Å². The van der Waals surface area contributed by atoms with Crippen LogP contribution in [-0.2, 0) is 4.74 Å². The first-order chi connectivity index (χ1) is 7.76. The van der Waals surface area contributed by atoms with Crippen molar-refractivity contribution < 1.29 is 19.0 Å². The van der Waals surface area contributed by atoms with Crippen molar-refractivity contribution >= 4 is 18.6 Å². The van der Waals surface area contributed by atoms with Gasteiger partial charge in [-0.25, -0.2) is 4.79 Å². The first-order valence-electron chi connectivity index (χ1n) is 4.89. The average Bonchev–Trinajstić information content (AvgIpc) is 2.30. The SMILES string of the molecule is CNCCOC(=O)Oc1ccc(OC)cc1.Cl. The number of likely N-dealkylation sites (N-methyl/N-ethyl adjacent to an activating group) is 1. The lowest BCUT2D eigenvalue weighted by Crippen LogP contribution is -2.19. The minimum atomic E-state index is -0.708. The van der Waals surface area contributed by atoms with Gasteiger partial charge in [-0.05, 0) is 31.3 Å². The molecule has 0 aliphatic rings. The van der Waals surface area contributed by atoms with Crippen molar-refractivity contribution in [2.75, 3.05) is 27.3 Å². The maximum absolute atomic E-state index is 11.1. The third-order valence-electron chi connectivity index (χ3n) is 1.83. The molecular formula is C11H16ClNO4. The summed E-state index contributed by atoms with van der Waals surface area (Å²) in [5.41, 5.74) is 0. The number of carbonyl (C=O) groups is 1. The third-order valence-corrected chi connectivity index (χ3v) is 1.83. The van der Waals surface area contributed by atoms with Gasteiger partial charge in [-0.15, -0.1) is 12.4 Å². The van der Waals surface area contributed by atoms with E-state index < -0.39 is 6.16 Å². The summed E-state index contributed by atoms with van der Waals surface area (Å²) < 4.78 is 14.7. The highest BCUT2D eigenvalue weighted by molar-refractivity contribution is 5.85. The number of hydrogen-bond acceptors (Lipinski definition) is 5. The molecule has 96 valence electrons. The number of halogens is 1. The average molecular weight is 262 g/mol. The minimum Gasteiger partial charge on any atom is -0.497 e. The zero-order valence-corrected chi connectivity index (χ0v) is 10.6. The summed E-state index contributed by atoms with van der Waals surface area (Å²) in [6.45, 7) is 0.878. The molecule has 17 heavy (non-hydrogen) atoms. The van der Waals surface area contributed by atoms with Crippen molar-refractivity contribution in [2.24, 2.45) is 0 Å². The van der Waals surface area contributed by atoms with Gasteiger partial charge in [-0.3, -0.25) is 0 Å². The Labute approximate surface area is 106 Å². The lowest BCUT2D eigenvalue weighted by molar-refractivity contribution is 0.100. The fourth-order valence-corrected chi connectivity index (χ4v) is 1.01. The highest BCUT2D eigenvalue weighted by Gasteiger charge is 2.05. The Hall–Kier alpha value is -1.46. The Balaban J connectivity index is 0.00000256. The van der Waals surface area contributed by atoms with E-state index in [0.29, 0.717) is 18.0 Å². The predicted octanol–water partition coefficient (Wildman–Crippen LogP) is 1.85. The van der Waals surface area contributed by atoms with Crippen LogP contribution in [0.5, 0.6) is 11.5 Å². The third kappa shape index (κ3) is 5.99. The molecule has 0 saturated heterocycles. The van der Waals surface area contributed by atoms with Crippen LogP contribution >= 0.6 is 12.4 Å². The maximum atomic E-state index is 11.1. The van der Waals surface area contributed by atoms with Gasteiger partial charge in [0.15, 0.2) is 0 Å². The van der Waals surface area contributed by atoms with Crippen molar-refractivity contribution in [1.82, 2.24) is 5.32 Å². The fraction of sp³-hybridized carbons (Fsp3) is 0.364. The molecule has 1 rings (SSSR count). The molecule has 0 aliphatic heterocycles. The Morgan fingerprint density at radius 3 is 2.35 bits per heavy atom. The van der Waals surface area contributed by atoms with Crippen LogP contribution in [0.3, 0.4) is 0 Å². The molecule has 0 fully saturated rings. The lowest BCUT2D eigenvalue weighted by Gasteiger charge is -2.06. The molecule has 1 aromatic carbocycles. The normalized spacial score (nSPS) is 9.06. The number of methoxy groups -OCH3 is 1. The topological polar surface area (TPSA) is 56.8 Å². The molecule has 0 amide bonds. The van der Waals surface area contributed by atoms with Crippen LogP contribution in [0.2, 0.25) is 0 Å². The molecule has 5 nitrogen and oxygen atoms in total. The van der Waals surface area contributed by atoms with Crippen LogP contribution in [0.1, 0.15) is 0 Å². The summed E-state index contributed by atoms with van der Waals surface area (Å²) >= 11 is 0. The number of hydrogen-bond donors (Lipinski definition) is 1. The highest BCUT2D eigenvalue weighted by Crippen LogP contribution is 2.17. The molecule has 0 aromatic heterocycles. The Bertz CT molecular complexity index is 329. The summed E-state index contributed by atoms with van der Waals surface area (Å²) in [7, 11) is 3.35. The van der Waals surface area contributed by atoms with Crippen molar-refractivity contribution in [2.45, 2.75) is 0 Å². The summed E-state index contributed by atoms with van der Waals surface area (Å²) in [5, 5.41) is 2.85. The Kier molecular flexibility index (Phi) is 7.92. The zero-order valence-electron chi connectivity index (χ0n) is 9.76. The molecule has 1 aromatic rings. The Morgan fingerprint density at radius 2 is 1.82 bits per heavy atom. The Morgan fingerprint density at radius 1 is 1.24 bits per heavy atom. The van der Waals surface area contributed by atoms with Crippen molar-refractivity contribution in [3.63, 3.8) is 0 Å². The molecule has 0 unspecified atom stereocenters. The van der Waals surface area contributed by atoms with E-state index in [9.17, 15) is 4.79 Å². The molecule has 6 heteroatoms. The monoisotopic (exact) mass is 261 g/mol. The largest absolute Gasteiger partial charge is 0.513 e. The second-order valence-electron chi connectivity index (χ2n) is 2.98. The van der Waals surface area contributed by atoms with Crippen LogP contribution in [0.4, 0.5) is 4.79 Å². The van der Waals surface area contributed by atoms with Crippen LogP contribution in [0.25, 0.3) is 0 Å². The standard InChI is InChI=1S/C11H15NO4.ClH/c1-12-7-8-15-11(13)16-10-5-3-9(14-2)4-6-10;/h3-6,12H,7-8H2,1-2H3;1H. The quantitative estimate of drug-likeness (QED) is 0.498. The van der Waals surface area contributed by atoms with E-state index in [1.807, 2.05) is 0 Å². The molecule has 0 bridgehead atoms. The molecule has 0 radical (unpaired) electrons. The van der Waals surface area contributed by atoms with Crippen LogP contribution in [0, 0.1) is 0 Å². The van der Waals surface area contributed by atoms with Gasteiger partial charge < -0.3 is 19.5 Å². The summed E-state index contributed by atoms with van der Waals surface area (Å²) in [5.74, 6) is 1.13. The van der Waals surface area contributed by atoms with Gasteiger partial charge in [-0.1, -0.05) is 0 Å². The van der Waals surface area contributed by atoms with E-state index in [0.717, 1.165) is 0 Å². The number of rotatable bonds is 5. The van der Waals surface area contributed by atoms with Gasteiger partial charge in [0.25, 0.3) is 0 Å². The predicted molar refractivity (Wildman–Crippen MR) is 66.1 cm³/mol. The van der Waals surface area contributed by atoms with E-state index in [1.165, 1.54) is 0 Å².